The van der Waals surface area contributed by atoms with Gasteiger partial charge in [0.1, 0.15) is 11.8 Å². The van der Waals surface area contributed by atoms with Crippen molar-refractivity contribution in [3.05, 3.63) is 83.5 Å². The van der Waals surface area contributed by atoms with Gasteiger partial charge in [0.2, 0.25) is 5.69 Å². The number of benzene rings is 2. The highest BCUT2D eigenvalue weighted by Gasteiger charge is 2.12. The van der Waals surface area contributed by atoms with Gasteiger partial charge in [-0.1, -0.05) is 41.9 Å². The maximum absolute atomic E-state index is 8.98. The first-order valence-electron chi connectivity index (χ1n) is 8.28. The molecule has 2 aromatic carbocycles. The van der Waals surface area contributed by atoms with Crippen LogP contribution in [0.25, 0.3) is 16.9 Å². The number of anilines is 1. The van der Waals surface area contributed by atoms with Crippen LogP contribution in [-0.2, 0) is 0 Å². The van der Waals surface area contributed by atoms with E-state index in [0.717, 1.165) is 22.5 Å². The summed E-state index contributed by atoms with van der Waals surface area (Å²) in [5.74, 6) is 0.183. The van der Waals surface area contributed by atoms with E-state index in [2.05, 4.69) is 15.5 Å². The molecule has 4 aromatic rings. The topological polar surface area (TPSA) is 92.0 Å². The lowest BCUT2D eigenvalue weighted by Crippen LogP contribution is -1.93. The number of rotatable bonds is 5. The van der Waals surface area contributed by atoms with Crippen LogP contribution in [0, 0.1) is 11.3 Å². The summed E-state index contributed by atoms with van der Waals surface area (Å²) in [6.07, 6.45) is 4.67. The molecular weight excluding hydrogens is 376 g/mol. The van der Waals surface area contributed by atoms with Gasteiger partial charge in [-0.25, -0.2) is 15.1 Å². The third-order valence-electron chi connectivity index (χ3n) is 3.92. The van der Waals surface area contributed by atoms with Crippen LogP contribution in [0.4, 0.5) is 5.88 Å². The highest BCUT2D eigenvalue weighted by molar-refractivity contribution is 6.30. The van der Waals surface area contributed by atoms with Crippen LogP contribution in [-0.4, -0.2) is 21.0 Å². The van der Waals surface area contributed by atoms with Crippen molar-refractivity contribution in [1.29, 1.82) is 5.26 Å². The average Bonchev–Trinajstić information content (AvgIpc) is 3.36. The minimum Gasteiger partial charge on any atom is -0.425 e. The molecule has 2 heterocycles. The summed E-state index contributed by atoms with van der Waals surface area (Å²) in [5.41, 5.74) is 6.16. The molecule has 0 fully saturated rings. The number of hydrogen-bond acceptors (Lipinski definition) is 6. The van der Waals surface area contributed by atoms with Crippen molar-refractivity contribution in [3.63, 3.8) is 0 Å². The largest absolute Gasteiger partial charge is 0.425 e. The number of hydrazone groups is 1. The zero-order valence-electron chi connectivity index (χ0n) is 14.5. The highest BCUT2D eigenvalue weighted by atomic mass is 35.5. The molecular formula is C20H13ClN6O. The molecule has 1 N–H and O–H groups in total. The molecule has 0 radical (unpaired) electrons. The Balaban J connectivity index is 1.70. The third-order valence-corrected chi connectivity index (χ3v) is 4.18. The molecule has 0 amide bonds. The van der Waals surface area contributed by atoms with Gasteiger partial charge in [-0.15, -0.1) is 0 Å². The lowest BCUT2D eigenvalue weighted by molar-refractivity contribution is 0.570. The van der Waals surface area contributed by atoms with Gasteiger partial charge in [0.25, 0.3) is 5.88 Å². The molecule has 0 aliphatic heterocycles. The van der Waals surface area contributed by atoms with E-state index in [1.807, 2.05) is 66.9 Å². The first-order chi connectivity index (χ1) is 13.7. The van der Waals surface area contributed by atoms with Crippen LogP contribution in [0.1, 0.15) is 11.3 Å². The van der Waals surface area contributed by atoms with E-state index < -0.39 is 0 Å². The number of halogens is 1. The molecule has 8 heteroatoms. The second-order valence-corrected chi connectivity index (χ2v) is 6.17. The first-order valence-corrected chi connectivity index (χ1v) is 8.66. The van der Waals surface area contributed by atoms with Crippen LogP contribution in [0.3, 0.4) is 0 Å². The first kappa shape index (κ1) is 17.5. The summed E-state index contributed by atoms with van der Waals surface area (Å²) in [5, 5.41) is 18.5. The third kappa shape index (κ3) is 3.63. The highest BCUT2D eigenvalue weighted by Crippen LogP contribution is 2.24. The molecule has 28 heavy (non-hydrogen) atoms. The number of para-hydroxylation sites is 1. The lowest BCUT2D eigenvalue weighted by Gasteiger charge is -2.00. The van der Waals surface area contributed by atoms with Crippen molar-refractivity contribution in [2.45, 2.75) is 0 Å². The summed E-state index contributed by atoms with van der Waals surface area (Å²) >= 11 is 6.00. The molecule has 0 spiro atoms. The molecule has 0 saturated carbocycles. The molecule has 7 nitrogen and oxygen atoms in total. The van der Waals surface area contributed by atoms with Crippen LogP contribution >= 0.6 is 11.6 Å². The van der Waals surface area contributed by atoms with E-state index in [0.29, 0.717) is 5.02 Å². The van der Waals surface area contributed by atoms with Gasteiger partial charge in [-0.3, -0.25) is 0 Å². The van der Waals surface area contributed by atoms with Gasteiger partial charge >= 0.3 is 0 Å². The van der Waals surface area contributed by atoms with Gasteiger partial charge in [0, 0.05) is 22.3 Å². The number of nitriles is 1. The minimum absolute atomic E-state index is 0.134. The van der Waals surface area contributed by atoms with Crippen LogP contribution in [0.15, 0.2) is 76.7 Å². The van der Waals surface area contributed by atoms with Gasteiger partial charge in [-0.05, 0) is 24.3 Å². The molecule has 4 rings (SSSR count). The summed E-state index contributed by atoms with van der Waals surface area (Å²) in [6, 6.07) is 19.1. The fourth-order valence-electron chi connectivity index (χ4n) is 2.59. The van der Waals surface area contributed by atoms with E-state index in [1.54, 1.807) is 10.9 Å². The zero-order chi connectivity index (χ0) is 19.3. The molecule has 2 aromatic heterocycles. The standard InChI is InChI=1S/C20H13ClN6O/c21-16-8-6-14(7-9-16)19-15(11-24-25-20-18(10-22)23-13-28-20)12-27(26-19)17-4-2-1-3-5-17/h1-9,11-13,25H. The quantitative estimate of drug-likeness (QED) is 0.401. The molecule has 0 aliphatic rings. The fourth-order valence-corrected chi connectivity index (χ4v) is 2.72. The monoisotopic (exact) mass is 388 g/mol. The van der Waals surface area contributed by atoms with E-state index in [4.69, 9.17) is 26.4 Å². The number of nitrogens with zero attached hydrogens (tertiary/aromatic N) is 5. The van der Waals surface area contributed by atoms with Crippen molar-refractivity contribution < 1.29 is 4.42 Å². The summed E-state index contributed by atoms with van der Waals surface area (Å²) in [7, 11) is 0. The molecule has 0 unspecified atom stereocenters. The van der Waals surface area contributed by atoms with Gasteiger partial charge < -0.3 is 4.42 Å². The number of aromatic nitrogens is 3. The SMILES string of the molecule is N#Cc1ncoc1NN=Cc1cn(-c2ccccc2)nc1-c1ccc(Cl)cc1. The van der Waals surface area contributed by atoms with Crippen molar-refractivity contribution in [3.8, 4) is 23.0 Å². The van der Waals surface area contributed by atoms with Crippen molar-refractivity contribution in [2.24, 2.45) is 5.10 Å². The predicted octanol–water partition coefficient (Wildman–Crippen LogP) is 4.50. The van der Waals surface area contributed by atoms with Gasteiger partial charge in [0.05, 0.1) is 11.9 Å². The Labute approximate surface area is 165 Å². The second-order valence-electron chi connectivity index (χ2n) is 5.73. The normalized spacial score (nSPS) is 10.9. The van der Waals surface area contributed by atoms with E-state index in [1.165, 1.54) is 6.39 Å². The minimum atomic E-state index is 0.134. The lowest BCUT2D eigenvalue weighted by atomic mass is 10.1. The summed E-state index contributed by atoms with van der Waals surface area (Å²) < 4.78 is 6.88. The van der Waals surface area contributed by atoms with Gasteiger partial charge in [0.15, 0.2) is 6.39 Å². The predicted molar refractivity (Wildman–Crippen MR) is 106 cm³/mol. The summed E-state index contributed by atoms with van der Waals surface area (Å²) in [6.45, 7) is 0. The Bertz CT molecular complexity index is 1160. The zero-order valence-corrected chi connectivity index (χ0v) is 15.2. The van der Waals surface area contributed by atoms with E-state index in [9.17, 15) is 0 Å². The van der Waals surface area contributed by atoms with Crippen LogP contribution in [0.5, 0.6) is 0 Å². The van der Waals surface area contributed by atoms with Crippen LogP contribution in [0.2, 0.25) is 5.02 Å². The Hall–Kier alpha value is -3.89. The van der Waals surface area contributed by atoms with Crippen molar-refractivity contribution >= 4 is 23.7 Å². The van der Waals surface area contributed by atoms with Gasteiger partial charge in [-0.2, -0.15) is 15.5 Å². The average molecular weight is 389 g/mol. The molecule has 0 aliphatic carbocycles. The summed E-state index contributed by atoms with van der Waals surface area (Å²) in [4.78, 5) is 3.78. The molecule has 0 bridgehead atoms. The number of oxazole rings is 1. The molecule has 136 valence electrons. The smallest absolute Gasteiger partial charge is 0.251 e. The maximum Gasteiger partial charge on any atom is 0.251 e. The Kier molecular flexibility index (Phi) is 4.87. The maximum atomic E-state index is 8.98. The molecule has 0 atom stereocenters. The van der Waals surface area contributed by atoms with E-state index >= 15 is 0 Å². The molecule has 0 saturated heterocycles. The Morgan fingerprint density at radius 3 is 2.68 bits per heavy atom. The Morgan fingerprint density at radius 1 is 1.14 bits per heavy atom. The fraction of sp³-hybridized carbons (Fsp3) is 0. The van der Waals surface area contributed by atoms with Crippen molar-refractivity contribution in [1.82, 2.24) is 14.8 Å². The van der Waals surface area contributed by atoms with Crippen LogP contribution < -0.4 is 5.43 Å². The van der Waals surface area contributed by atoms with Crippen molar-refractivity contribution in [2.75, 3.05) is 5.43 Å². The number of hydrogen-bond donors (Lipinski definition) is 1. The van der Waals surface area contributed by atoms with E-state index in [-0.39, 0.29) is 11.6 Å². The second kappa shape index (κ2) is 7.78. The number of nitrogens with one attached hydrogen (secondary N) is 1. The Morgan fingerprint density at radius 2 is 1.93 bits per heavy atom.